The molecule has 0 spiro atoms. The van der Waals surface area contributed by atoms with Gasteiger partial charge in [-0.15, -0.1) is 0 Å². The fourth-order valence-corrected chi connectivity index (χ4v) is 2.46. The van der Waals surface area contributed by atoms with E-state index in [-0.39, 0.29) is 11.3 Å². The number of carbonyl (C=O) groups is 2. The average Bonchev–Trinajstić information content (AvgIpc) is 2.72. The number of hydrogen-bond donors (Lipinski definition) is 2. The second-order valence-corrected chi connectivity index (χ2v) is 6.16. The van der Waals surface area contributed by atoms with Gasteiger partial charge in [-0.2, -0.15) is 0 Å². The highest BCUT2D eigenvalue weighted by molar-refractivity contribution is 5.98. The fourth-order valence-electron chi connectivity index (χ4n) is 2.46. The van der Waals surface area contributed by atoms with E-state index >= 15 is 0 Å². The number of non-ortho nitro benzene ring substituents is 1. The summed E-state index contributed by atoms with van der Waals surface area (Å²) in [5, 5.41) is 16.7. The number of methoxy groups -OCH3 is 1. The first-order valence-corrected chi connectivity index (χ1v) is 8.96. The van der Waals surface area contributed by atoms with Gasteiger partial charge in [-0.05, 0) is 18.6 Å². The molecule has 2 aromatic carbocycles. The summed E-state index contributed by atoms with van der Waals surface area (Å²) in [6.07, 6.45) is -1.07. The number of hydrogen-bond acceptors (Lipinski definition) is 7. The summed E-state index contributed by atoms with van der Waals surface area (Å²) in [5.41, 5.74) is 0.977. The summed E-state index contributed by atoms with van der Waals surface area (Å²) in [6, 6.07) is 13.1. The minimum Gasteiger partial charge on any atom is -0.449 e. The highest BCUT2D eigenvalue weighted by atomic mass is 16.6. The van der Waals surface area contributed by atoms with Crippen LogP contribution in [-0.4, -0.2) is 43.2 Å². The van der Waals surface area contributed by atoms with Crippen molar-refractivity contribution < 1.29 is 24.0 Å². The summed E-state index contributed by atoms with van der Waals surface area (Å²) < 4.78 is 10.2. The highest BCUT2D eigenvalue weighted by Crippen LogP contribution is 2.23. The van der Waals surface area contributed by atoms with Gasteiger partial charge in [-0.25, -0.2) is 4.79 Å². The van der Waals surface area contributed by atoms with Gasteiger partial charge in [-0.3, -0.25) is 14.9 Å². The van der Waals surface area contributed by atoms with Gasteiger partial charge in [0.15, 0.2) is 6.10 Å². The van der Waals surface area contributed by atoms with Crippen molar-refractivity contribution in [2.24, 2.45) is 0 Å². The maximum Gasteiger partial charge on any atom is 0.341 e. The lowest BCUT2D eigenvalue weighted by Crippen LogP contribution is -2.35. The summed E-state index contributed by atoms with van der Waals surface area (Å²) in [4.78, 5) is 35.2. The first-order valence-electron chi connectivity index (χ1n) is 8.96. The third-order valence-corrected chi connectivity index (χ3v) is 4.02. The summed E-state index contributed by atoms with van der Waals surface area (Å²) >= 11 is 0. The van der Waals surface area contributed by atoms with Crippen molar-refractivity contribution in [1.29, 1.82) is 0 Å². The number of amides is 1. The van der Waals surface area contributed by atoms with E-state index < -0.39 is 22.9 Å². The molecule has 2 aromatic rings. The normalized spacial score (nSPS) is 11.4. The molecule has 1 atom stereocenters. The number of carbonyl (C=O) groups excluding carboxylic acids is 2. The van der Waals surface area contributed by atoms with Gasteiger partial charge >= 0.3 is 5.97 Å². The number of ether oxygens (including phenoxy) is 2. The number of nitrogens with one attached hydrogen (secondary N) is 2. The van der Waals surface area contributed by atoms with Crippen molar-refractivity contribution in [2.75, 3.05) is 25.6 Å². The van der Waals surface area contributed by atoms with E-state index in [4.69, 9.17) is 9.47 Å². The van der Waals surface area contributed by atoms with Crippen LogP contribution >= 0.6 is 0 Å². The molecule has 0 saturated carbocycles. The Morgan fingerprint density at radius 1 is 1.17 bits per heavy atom. The Hall–Kier alpha value is -3.46. The largest absolute Gasteiger partial charge is 0.449 e. The summed E-state index contributed by atoms with van der Waals surface area (Å²) in [6.45, 7) is 2.50. The van der Waals surface area contributed by atoms with E-state index in [1.807, 2.05) is 30.3 Å². The predicted molar refractivity (Wildman–Crippen MR) is 107 cm³/mol. The van der Waals surface area contributed by atoms with Gasteiger partial charge in [0.2, 0.25) is 0 Å². The first kappa shape index (κ1) is 21.8. The molecule has 0 aliphatic carbocycles. The molecule has 0 bridgehead atoms. The van der Waals surface area contributed by atoms with Crippen molar-refractivity contribution in [2.45, 2.75) is 19.6 Å². The van der Waals surface area contributed by atoms with E-state index in [9.17, 15) is 19.7 Å². The Labute approximate surface area is 168 Å². The van der Waals surface area contributed by atoms with Crippen LogP contribution in [0.15, 0.2) is 48.5 Å². The van der Waals surface area contributed by atoms with Crippen LogP contribution in [0.4, 0.5) is 11.4 Å². The Kier molecular flexibility index (Phi) is 8.11. The average molecular weight is 401 g/mol. The second-order valence-electron chi connectivity index (χ2n) is 6.16. The number of nitrogens with zero attached hydrogens (tertiary/aromatic N) is 1. The molecule has 29 heavy (non-hydrogen) atoms. The molecule has 0 fully saturated rings. The number of esters is 1. The van der Waals surface area contributed by atoms with Crippen molar-refractivity contribution >= 4 is 23.3 Å². The molecule has 0 aliphatic heterocycles. The standard InChI is InChI=1S/C20H23N3O6/c1-14(19(24)22-13-15-6-4-3-5-7-15)29-20(25)17-12-16(23(26)27)8-9-18(17)21-10-11-28-2/h3-9,12,14,21H,10-11,13H2,1-2H3,(H,22,24)/t14-/m1/s1. The molecule has 9 nitrogen and oxygen atoms in total. The van der Waals surface area contributed by atoms with Gasteiger partial charge in [0.05, 0.1) is 17.1 Å². The molecular formula is C20H23N3O6. The van der Waals surface area contributed by atoms with Gasteiger partial charge in [0, 0.05) is 38.0 Å². The lowest BCUT2D eigenvalue weighted by Gasteiger charge is -2.16. The molecule has 9 heteroatoms. The van der Waals surface area contributed by atoms with Crippen molar-refractivity contribution in [3.8, 4) is 0 Å². The number of rotatable bonds is 10. The van der Waals surface area contributed by atoms with Crippen LogP contribution < -0.4 is 10.6 Å². The molecule has 1 amide bonds. The molecule has 2 rings (SSSR count). The zero-order valence-corrected chi connectivity index (χ0v) is 16.2. The van der Waals surface area contributed by atoms with Gasteiger partial charge in [0.25, 0.3) is 11.6 Å². The highest BCUT2D eigenvalue weighted by Gasteiger charge is 2.23. The van der Waals surface area contributed by atoms with Gasteiger partial charge in [0.1, 0.15) is 0 Å². The Bertz CT molecular complexity index is 857. The van der Waals surface area contributed by atoms with Crippen LogP contribution in [-0.2, 0) is 20.8 Å². The monoisotopic (exact) mass is 401 g/mol. The van der Waals surface area contributed by atoms with Crippen molar-refractivity contribution in [3.63, 3.8) is 0 Å². The Morgan fingerprint density at radius 3 is 2.55 bits per heavy atom. The molecule has 0 aromatic heterocycles. The maximum absolute atomic E-state index is 12.6. The third kappa shape index (κ3) is 6.58. The zero-order valence-electron chi connectivity index (χ0n) is 16.2. The topological polar surface area (TPSA) is 120 Å². The number of nitro groups is 1. The smallest absolute Gasteiger partial charge is 0.341 e. The van der Waals surface area contributed by atoms with Crippen LogP contribution in [0, 0.1) is 10.1 Å². The third-order valence-electron chi connectivity index (χ3n) is 4.02. The predicted octanol–water partition coefficient (Wildman–Crippen LogP) is 2.51. The minimum absolute atomic E-state index is 0.0296. The molecule has 0 heterocycles. The minimum atomic E-state index is -1.07. The van der Waals surface area contributed by atoms with Crippen LogP contribution in [0.5, 0.6) is 0 Å². The van der Waals surface area contributed by atoms with Crippen LogP contribution in [0.25, 0.3) is 0 Å². The summed E-state index contributed by atoms with van der Waals surface area (Å²) in [5.74, 6) is -1.31. The van der Waals surface area contributed by atoms with Crippen molar-refractivity contribution in [3.05, 3.63) is 69.8 Å². The lowest BCUT2D eigenvalue weighted by atomic mass is 10.1. The van der Waals surface area contributed by atoms with E-state index in [2.05, 4.69) is 10.6 Å². The zero-order chi connectivity index (χ0) is 21.2. The van der Waals surface area contributed by atoms with Gasteiger partial charge < -0.3 is 20.1 Å². The Balaban J connectivity index is 2.05. The van der Waals surface area contributed by atoms with Gasteiger partial charge in [-0.1, -0.05) is 30.3 Å². The molecule has 154 valence electrons. The SMILES string of the molecule is COCCNc1ccc([N+](=O)[O-])cc1C(=O)O[C@H](C)C(=O)NCc1ccccc1. The second kappa shape index (κ2) is 10.8. The van der Waals surface area contributed by atoms with E-state index in [1.54, 1.807) is 0 Å². The number of nitro benzene ring substituents is 1. The first-order chi connectivity index (χ1) is 13.9. The number of anilines is 1. The molecule has 0 aliphatic rings. The van der Waals surface area contributed by atoms with Crippen LogP contribution in [0.2, 0.25) is 0 Å². The molecule has 0 radical (unpaired) electrons. The molecular weight excluding hydrogens is 378 g/mol. The van der Waals surface area contributed by atoms with Crippen LogP contribution in [0.3, 0.4) is 0 Å². The molecule has 2 N–H and O–H groups in total. The lowest BCUT2D eigenvalue weighted by molar-refractivity contribution is -0.384. The van der Waals surface area contributed by atoms with Crippen LogP contribution in [0.1, 0.15) is 22.8 Å². The van der Waals surface area contributed by atoms with E-state index in [0.29, 0.717) is 25.4 Å². The maximum atomic E-state index is 12.6. The van der Waals surface area contributed by atoms with E-state index in [1.165, 1.54) is 26.2 Å². The van der Waals surface area contributed by atoms with E-state index in [0.717, 1.165) is 11.6 Å². The van der Waals surface area contributed by atoms with Crippen molar-refractivity contribution in [1.82, 2.24) is 5.32 Å². The number of benzene rings is 2. The molecule has 0 saturated heterocycles. The quantitative estimate of drug-likeness (QED) is 0.272. The Morgan fingerprint density at radius 2 is 1.90 bits per heavy atom. The summed E-state index contributed by atoms with van der Waals surface area (Å²) in [7, 11) is 1.53. The molecule has 0 unspecified atom stereocenters. The fraction of sp³-hybridized carbons (Fsp3) is 0.300.